The summed E-state index contributed by atoms with van der Waals surface area (Å²) in [5, 5.41) is 5.95. The highest BCUT2D eigenvalue weighted by Gasteiger charge is 2.26. The fourth-order valence-electron chi connectivity index (χ4n) is 4.02. The number of piperazine rings is 1. The third kappa shape index (κ3) is 4.82. The van der Waals surface area contributed by atoms with E-state index in [1.807, 2.05) is 12.1 Å². The van der Waals surface area contributed by atoms with Gasteiger partial charge in [-0.15, -0.1) is 0 Å². The lowest BCUT2D eigenvalue weighted by Crippen LogP contribution is -3.15. The Morgan fingerprint density at radius 2 is 1.77 bits per heavy atom. The summed E-state index contributed by atoms with van der Waals surface area (Å²) in [5.74, 6) is -0.153. The van der Waals surface area contributed by atoms with E-state index < -0.39 is 0 Å². The van der Waals surface area contributed by atoms with Crippen molar-refractivity contribution in [3.05, 3.63) is 59.2 Å². The molecule has 0 atom stereocenters. The molecule has 1 heterocycles. The summed E-state index contributed by atoms with van der Waals surface area (Å²) in [6, 6.07) is 14.0. The first-order chi connectivity index (χ1) is 14.5. The van der Waals surface area contributed by atoms with Gasteiger partial charge in [0.05, 0.1) is 37.4 Å². The molecule has 0 unspecified atom stereocenters. The second-order valence-corrected chi connectivity index (χ2v) is 8.47. The molecule has 1 saturated heterocycles. The SMILES string of the molecule is Cc1cccc(N2CC[NH+](CC(=O)Nc3ccccc3C(=O)NC3CC3)CC2)c1C. The van der Waals surface area contributed by atoms with Crippen LogP contribution in [0.1, 0.15) is 34.3 Å². The number of aryl methyl sites for hydroxylation is 1. The summed E-state index contributed by atoms with van der Waals surface area (Å²) >= 11 is 0. The van der Waals surface area contributed by atoms with E-state index in [9.17, 15) is 9.59 Å². The van der Waals surface area contributed by atoms with Gasteiger partial charge in [0.1, 0.15) is 0 Å². The highest BCUT2D eigenvalue weighted by Crippen LogP contribution is 2.23. The van der Waals surface area contributed by atoms with Crippen molar-refractivity contribution in [2.24, 2.45) is 0 Å². The topological polar surface area (TPSA) is 65.9 Å². The minimum atomic E-state index is -0.108. The molecule has 0 spiro atoms. The van der Waals surface area contributed by atoms with E-state index >= 15 is 0 Å². The molecule has 1 aliphatic carbocycles. The van der Waals surface area contributed by atoms with Crippen molar-refractivity contribution in [3.63, 3.8) is 0 Å². The minimum absolute atomic E-state index is 0.0446. The zero-order chi connectivity index (χ0) is 21.1. The Balaban J connectivity index is 1.31. The van der Waals surface area contributed by atoms with Gasteiger partial charge in [0.25, 0.3) is 11.8 Å². The smallest absolute Gasteiger partial charge is 0.279 e. The van der Waals surface area contributed by atoms with Gasteiger partial charge >= 0.3 is 0 Å². The molecule has 6 heteroatoms. The molecular weight excluding hydrogens is 376 g/mol. The number of para-hydroxylation sites is 1. The lowest BCUT2D eigenvalue weighted by Gasteiger charge is -2.34. The molecule has 1 aliphatic heterocycles. The summed E-state index contributed by atoms with van der Waals surface area (Å²) in [6.45, 7) is 8.45. The van der Waals surface area contributed by atoms with E-state index in [0.29, 0.717) is 23.8 Å². The van der Waals surface area contributed by atoms with Crippen molar-refractivity contribution in [2.45, 2.75) is 32.7 Å². The Hall–Kier alpha value is -2.86. The van der Waals surface area contributed by atoms with Crippen LogP contribution in [0, 0.1) is 13.8 Å². The van der Waals surface area contributed by atoms with Crippen LogP contribution in [0.15, 0.2) is 42.5 Å². The average Bonchev–Trinajstić information content (AvgIpc) is 3.55. The number of amides is 2. The van der Waals surface area contributed by atoms with Crippen LogP contribution in [0.25, 0.3) is 0 Å². The van der Waals surface area contributed by atoms with Crippen molar-refractivity contribution in [2.75, 3.05) is 42.9 Å². The number of hydrogen-bond acceptors (Lipinski definition) is 3. The van der Waals surface area contributed by atoms with Crippen molar-refractivity contribution in [3.8, 4) is 0 Å². The number of anilines is 2. The van der Waals surface area contributed by atoms with Gasteiger partial charge in [-0.2, -0.15) is 0 Å². The maximum Gasteiger partial charge on any atom is 0.279 e. The lowest BCUT2D eigenvalue weighted by atomic mass is 10.1. The molecule has 1 saturated carbocycles. The number of carbonyl (C=O) groups excluding carboxylic acids is 2. The molecule has 0 radical (unpaired) electrons. The predicted molar refractivity (Wildman–Crippen MR) is 119 cm³/mol. The first kappa shape index (κ1) is 20.4. The normalized spacial score (nSPS) is 16.9. The highest BCUT2D eigenvalue weighted by molar-refractivity contribution is 6.04. The fourth-order valence-corrected chi connectivity index (χ4v) is 4.02. The standard InChI is InChI=1S/C24H30N4O2/c1-17-6-5-9-22(18(17)2)28-14-12-27(13-15-28)16-23(29)26-21-8-4-3-7-20(21)24(30)25-19-10-11-19/h3-9,19H,10-16H2,1-2H3,(H,25,30)(H,26,29)/p+1. The van der Waals surface area contributed by atoms with Gasteiger partial charge in [0, 0.05) is 11.7 Å². The first-order valence-corrected chi connectivity index (χ1v) is 10.9. The van der Waals surface area contributed by atoms with E-state index in [1.54, 1.807) is 12.1 Å². The van der Waals surface area contributed by atoms with Gasteiger partial charge in [-0.1, -0.05) is 24.3 Å². The Morgan fingerprint density at radius 1 is 1.03 bits per heavy atom. The molecule has 30 heavy (non-hydrogen) atoms. The Labute approximate surface area is 178 Å². The van der Waals surface area contributed by atoms with Crippen LogP contribution in [0.5, 0.6) is 0 Å². The molecule has 2 aromatic carbocycles. The maximum absolute atomic E-state index is 12.7. The van der Waals surface area contributed by atoms with Gasteiger partial charge in [0.2, 0.25) is 0 Å². The van der Waals surface area contributed by atoms with Gasteiger partial charge in [0.15, 0.2) is 6.54 Å². The maximum atomic E-state index is 12.7. The molecule has 2 aromatic rings. The number of hydrogen-bond donors (Lipinski definition) is 3. The van der Waals surface area contributed by atoms with Crippen molar-refractivity contribution >= 4 is 23.2 Å². The number of nitrogens with zero attached hydrogens (tertiary/aromatic N) is 1. The molecule has 0 bridgehead atoms. The Kier molecular flexibility index (Phi) is 6.04. The van der Waals surface area contributed by atoms with Crippen LogP contribution < -0.4 is 20.4 Å². The lowest BCUT2D eigenvalue weighted by molar-refractivity contribution is -0.892. The van der Waals surface area contributed by atoms with E-state index in [1.165, 1.54) is 21.7 Å². The highest BCUT2D eigenvalue weighted by atomic mass is 16.2. The third-order valence-electron chi connectivity index (χ3n) is 6.16. The molecule has 4 rings (SSSR count). The van der Waals surface area contributed by atoms with Gasteiger partial charge in [-0.05, 0) is 56.0 Å². The summed E-state index contributed by atoms with van der Waals surface area (Å²) in [5.41, 5.74) is 5.07. The van der Waals surface area contributed by atoms with E-state index in [4.69, 9.17) is 0 Å². The number of benzene rings is 2. The second kappa shape index (κ2) is 8.88. The van der Waals surface area contributed by atoms with Crippen LogP contribution in [0.3, 0.4) is 0 Å². The number of carbonyl (C=O) groups is 2. The van der Waals surface area contributed by atoms with Crippen molar-refractivity contribution in [1.29, 1.82) is 0 Å². The molecule has 0 aromatic heterocycles. The Bertz CT molecular complexity index is 931. The average molecular weight is 408 g/mol. The number of nitrogens with one attached hydrogen (secondary N) is 3. The molecule has 3 N–H and O–H groups in total. The number of rotatable bonds is 6. The van der Waals surface area contributed by atoms with Gasteiger partial charge in [-0.3, -0.25) is 9.59 Å². The van der Waals surface area contributed by atoms with Crippen LogP contribution in [0.4, 0.5) is 11.4 Å². The largest absolute Gasteiger partial charge is 0.360 e. The number of quaternary nitrogens is 1. The van der Waals surface area contributed by atoms with Crippen LogP contribution >= 0.6 is 0 Å². The molecule has 6 nitrogen and oxygen atoms in total. The molecule has 158 valence electrons. The summed E-state index contributed by atoms with van der Waals surface area (Å²) < 4.78 is 0. The van der Waals surface area contributed by atoms with Crippen molar-refractivity contribution < 1.29 is 14.5 Å². The van der Waals surface area contributed by atoms with Crippen molar-refractivity contribution in [1.82, 2.24) is 5.32 Å². The molecular formula is C24H31N4O2+. The van der Waals surface area contributed by atoms with Crippen LogP contribution in [-0.4, -0.2) is 50.6 Å². The van der Waals surface area contributed by atoms with Crippen LogP contribution in [-0.2, 0) is 4.79 Å². The third-order valence-corrected chi connectivity index (χ3v) is 6.16. The molecule has 2 fully saturated rings. The first-order valence-electron chi connectivity index (χ1n) is 10.9. The monoisotopic (exact) mass is 407 g/mol. The molecule has 2 aliphatic rings. The van der Waals surface area contributed by atoms with Gasteiger partial charge in [-0.25, -0.2) is 0 Å². The zero-order valence-corrected chi connectivity index (χ0v) is 17.8. The van der Waals surface area contributed by atoms with Gasteiger partial charge < -0.3 is 20.4 Å². The minimum Gasteiger partial charge on any atom is -0.360 e. The zero-order valence-electron chi connectivity index (χ0n) is 17.8. The summed E-state index contributed by atoms with van der Waals surface area (Å²) in [4.78, 5) is 28.8. The second-order valence-electron chi connectivity index (χ2n) is 8.47. The summed E-state index contributed by atoms with van der Waals surface area (Å²) in [7, 11) is 0. The van der Waals surface area contributed by atoms with E-state index in [-0.39, 0.29) is 11.8 Å². The van der Waals surface area contributed by atoms with E-state index in [0.717, 1.165) is 39.0 Å². The summed E-state index contributed by atoms with van der Waals surface area (Å²) in [6.07, 6.45) is 2.08. The Morgan fingerprint density at radius 3 is 2.50 bits per heavy atom. The molecule has 2 amide bonds. The quantitative estimate of drug-likeness (QED) is 0.681. The fraction of sp³-hybridized carbons (Fsp3) is 0.417. The predicted octanol–water partition coefficient (Wildman–Crippen LogP) is 1.54. The van der Waals surface area contributed by atoms with E-state index in [2.05, 4.69) is 47.6 Å². The van der Waals surface area contributed by atoms with Crippen LogP contribution in [0.2, 0.25) is 0 Å².